The Balaban J connectivity index is 1.66. The Morgan fingerprint density at radius 3 is 2.71 bits per heavy atom. The number of aliphatic hydroxyl groups excluding tert-OH is 1. The second kappa shape index (κ2) is 8.05. The second-order valence-corrected chi connectivity index (χ2v) is 5.07. The third kappa shape index (κ3) is 5.27. The lowest BCUT2D eigenvalue weighted by Crippen LogP contribution is -2.07. The van der Waals surface area contributed by atoms with Crippen molar-refractivity contribution in [2.24, 2.45) is 5.92 Å². The Kier molecular flexibility index (Phi) is 5.77. The molecule has 1 unspecified atom stereocenters. The molecule has 108 valence electrons. The van der Waals surface area contributed by atoms with Crippen LogP contribution in [0.5, 0.6) is 0 Å². The molecule has 0 amide bonds. The molecule has 1 aromatic carbocycles. The minimum atomic E-state index is -0.294. The molecule has 21 heavy (non-hydrogen) atoms. The maximum absolute atomic E-state index is 11.1. The first-order valence-corrected chi connectivity index (χ1v) is 7.27. The number of rotatable bonds is 6. The number of ketones is 1. The van der Waals surface area contributed by atoms with Crippen LogP contribution >= 0.6 is 0 Å². The van der Waals surface area contributed by atoms with Crippen LogP contribution < -0.4 is 0 Å². The molecule has 1 aliphatic carbocycles. The smallest absolute Gasteiger partial charge is 0.219 e. The van der Waals surface area contributed by atoms with Gasteiger partial charge in [0, 0.05) is 0 Å². The number of carbonyl (C=O) groups excluding carboxylic acids is 1. The minimum absolute atomic E-state index is 0.121. The zero-order valence-corrected chi connectivity index (χ0v) is 12.0. The maximum Gasteiger partial charge on any atom is 0.219 e. The van der Waals surface area contributed by atoms with Crippen molar-refractivity contribution < 1.29 is 9.90 Å². The monoisotopic (exact) mass is 280 g/mol. The van der Waals surface area contributed by atoms with Gasteiger partial charge < -0.3 is 5.11 Å². The summed E-state index contributed by atoms with van der Waals surface area (Å²) in [5, 5.41) is 9.37. The molecule has 0 saturated carbocycles. The van der Waals surface area contributed by atoms with Crippen molar-refractivity contribution in [3.63, 3.8) is 0 Å². The van der Waals surface area contributed by atoms with Crippen LogP contribution in [0.15, 0.2) is 72.5 Å². The van der Waals surface area contributed by atoms with Crippen molar-refractivity contribution in [2.75, 3.05) is 0 Å². The third-order valence-electron chi connectivity index (χ3n) is 3.36. The second-order valence-electron chi connectivity index (χ2n) is 5.07. The number of hydrogen-bond acceptors (Lipinski definition) is 2. The van der Waals surface area contributed by atoms with Crippen LogP contribution in [0.2, 0.25) is 0 Å². The standard InChI is InChI=1S/C19H20O2/c20-18-14-13-17(15-19(18)21)12-6-3-1-2-5-9-16-10-7-4-8-11-16/h1-2,4-5,7-11,13-15,17,21H,3,6,12H2/b2-1+,9-5-. The Hall–Kier alpha value is -2.35. The Morgan fingerprint density at radius 1 is 1.14 bits per heavy atom. The van der Waals surface area contributed by atoms with Gasteiger partial charge in [0.1, 0.15) is 0 Å². The van der Waals surface area contributed by atoms with Gasteiger partial charge in [0.15, 0.2) is 5.76 Å². The van der Waals surface area contributed by atoms with E-state index in [2.05, 4.69) is 30.4 Å². The average molecular weight is 280 g/mol. The van der Waals surface area contributed by atoms with E-state index in [1.165, 1.54) is 11.6 Å². The molecule has 1 aliphatic rings. The van der Waals surface area contributed by atoms with Gasteiger partial charge in [-0.3, -0.25) is 4.79 Å². The molecule has 1 atom stereocenters. The first-order valence-electron chi connectivity index (χ1n) is 7.27. The summed E-state index contributed by atoms with van der Waals surface area (Å²) in [5.41, 5.74) is 1.19. The van der Waals surface area contributed by atoms with E-state index in [4.69, 9.17) is 0 Å². The van der Waals surface area contributed by atoms with E-state index >= 15 is 0 Å². The van der Waals surface area contributed by atoms with E-state index in [-0.39, 0.29) is 17.5 Å². The van der Waals surface area contributed by atoms with Gasteiger partial charge in [-0.2, -0.15) is 0 Å². The predicted molar refractivity (Wildman–Crippen MR) is 86.8 cm³/mol. The van der Waals surface area contributed by atoms with Crippen molar-refractivity contribution in [3.05, 3.63) is 78.1 Å². The van der Waals surface area contributed by atoms with Crippen molar-refractivity contribution >= 4 is 11.9 Å². The molecule has 0 radical (unpaired) electrons. The molecular weight excluding hydrogens is 260 g/mol. The molecule has 0 aromatic heterocycles. The Morgan fingerprint density at radius 2 is 1.95 bits per heavy atom. The number of carbonyl (C=O) groups is 1. The van der Waals surface area contributed by atoms with Crippen molar-refractivity contribution in [1.29, 1.82) is 0 Å². The van der Waals surface area contributed by atoms with E-state index in [9.17, 15) is 9.90 Å². The highest BCUT2D eigenvalue weighted by atomic mass is 16.3. The van der Waals surface area contributed by atoms with Crippen LogP contribution in [0.1, 0.15) is 24.8 Å². The van der Waals surface area contributed by atoms with Gasteiger partial charge in [-0.25, -0.2) is 0 Å². The molecule has 1 aromatic rings. The van der Waals surface area contributed by atoms with Gasteiger partial charge in [-0.05, 0) is 42.9 Å². The zero-order valence-electron chi connectivity index (χ0n) is 12.0. The topological polar surface area (TPSA) is 37.3 Å². The first-order chi connectivity index (χ1) is 10.3. The van der Waals surface area contributed by atoms with E-state index in [1.54, 1.807) is 6.08 Å². The quantitative estimate of drug-likeness (QED) is 0.609. The predicted octanol–water partition coefficient (Wildman–Crippen LogP) is 4.62. The van der Waals surface area contributed by atoms with Gasteiger partial charge in [0.25, 0.3) is 0 Å². The van der Waals surface area contributed by atoms with Crippen molar-refractivity contribution in [1.82, 2.24) is 0 Å². The lowest BCUT2D eigenvalue weighted by atomic mass is 9.96. The summed E-state index contributed by atoms with van der Waals surface area (Å²) in [7, 11) is 0. The summed E-state index contributed by atoms with van der Waals surface area (Å²) in [5.74, 6) is -0.239. The number of allylic oxidation sites excluding steroid dienone is 6. The highest BCUT2D eigenvalue weighted by Gasteiger charge is 2.13. The lowest BCUT2D eigenvalue weighted by molar-refractivity contribution is -0.113. The fourth-order valence-electron chi connectivity index (χ4n) is 2.19. The van der Waals surface area contributed by atoms with E-state index in [0.717, 1.165) is 19.3 Å². The molecular formula is C19H20O2. The molecule has 0 fully saturated rings. The largest absolute Gasteiger partial charge is 0.504 e. The average Bonchev–Trinajstić information content (AvgIpc) is 2.51. The summed E-state index contributed by atoms with van der Waals surface area (Å²) in [6.07, 6.45) is 16.2. The highest BCUT2D eigenvalue weighted by molar-refractivity contribution is 6.02. The number of hydrogen-bond donors (Lipinski definition) is 1. The third-order valence-corrected chi connectivity index (χ3v) is 3.36. The summed E-state index contributed by atoms with van der Waals surface area (Å²) < 4.78 is 0. The van der Waals surface area contributed by atoms with Gasteiger partial charge in [0.2, 0.25) is 5.78 Å². The summed E-state index contributed by atoms with van der Waals surface area (Å²) in [6.45, 7) is 0. The Labute approximate surface area is 125 Å². The molecule has 0 spiro atoms. The van der Waals surface area contributed by atoms with E-state index < -0.39 is 0 Å². The van der Waals surface area contributed by atoms with Crippen LogP contribution in [0.4, 0.5) is 0 Å². The zero-order chi connectivity index (χ0) is 14.9. The van der Waals surface area contributed by atoms with Gasteiger partial charge in [-0.1, -0.05) is 60.7 Å². The molecule has 1 N–H and O–H groups in total. The molecule has 0 saturated heterocycles. The molecule has 2 nitrogen and oxygen atoms in total. The molecule has 2 rings (SSSR count). The fraction of sp³-hybridized carbons (Fsp3) is 0.211. The fourth-order valence-corrected chi connectivity index (χ4v) is 2.19. The number of unbranched alkanes of at least 4 members (excludes halogenated alkanes) is 1. The van der Waals surface area contributed by atoms with Crippen molar-refractivity contribution in [2.45, 2.75) is 19.3 Å². The molecule has 0 aliphatic heterocycles. The van der Waals surface area contributed by atoms with Gasteiger partial charge >= 0.3 is 0 Å². The summed E-state index contributed by atoms with van der Waals surface area (Å²) in [4.78, 5) is 11.1. The Bertz CT molecular complexity index is 577. The molecule has 2 heteroatoms. The summed E-state index contributed by atoms with van der Waals surface area (Å²) >= 11 is 0. The lowest BCUT2D eigenvalue weighted by Gasteiger charge is -2.10. The maximum atomic E-state index is 11.1. The molecule has 0 bridgehead atoms. The van der Waals surface area contributed by atoms with Crippen LogP contribution in [0.25, 0.3) is 6.08 Å². The van der Waals surface area contributed by atoms with Gasteiger partial charge in [0.05, 0.1) is 0 Å². The van der Waals surface area contributed by atoms with Crippen molar-refractivity contribution in [3.8, 4) is 0 Å². The van der Waals surface area contributed by atoms with Crippen LogP contribution in [-0.2, 0) is 4.79 Å². The first kappa shape index (κ1) is 15.0. The van der Waals surface area contributed by atoms with E-state index in [1.807, 2.05) is 30.4 Å². The van der Waals surface area contributed by atoms with Crippen LogP contribution in [-0.4, -0.2) is 10.9 Å². The molecule has 0 heterocycles. The SMILES string of the molecule is O=C1C=CC(CCC/C=C/C=C\c2ccccc2)C=C1O. The summed E-state index contributed by atoms with van der Waals surface area (Å²) in [6, 6.07) is 10.2. The minimum Gasteiger partial charge on any atom is -0.504 e. The normalized spacial score (nSPS) is 18.6. The number of aliphatic hydroxyl groups is 1. The van der Waals surface area contributed by atoms with E-state index in [0.29, 0.717) is 0 Å². The van der Waals surface area contributed by atoms with Crippen LogP contribution in [0, 0.1) is 5.92 Å². The highest BCUT2D eigenvalue weighted by Crippen LogP contribution is 2.18. The van der Waals surface area contributed by atoms with Crippen LogP contribution in [0.3, 0.4) is 0 Å². The number of benzene rings is 1. The van der Waals surface area contributed by atoms with Gasteiger partial charge in [-0.15, -0.1) is 0 Å².